The molecule has 0 radical (unpaired) electrons. The molecule has 1 aromatic heterocycles. The van der Waals surface area contributed by atoms with Crippen molar-refractivity contribution in [3.8, 4) is 0 Å². The van der Waals surface area contributed by atoms with Crippen LogP contribution in [0.5, 0.6) is 0 Å². The molecule has 1 aliphatic carbocycles. The molecule has 0 bridgehead atoms. The van der Waals surface area contributed by atoms with E-state index in [2.05, 4.69) is 74.5 Å². The Balaban J connectivity index is 1.92. The van der Waals surface area contributed by atoms with Gasteiger partial charge in [0.15, 0.2) is 0 Å². The number of hydrogen-bond donors (Lipinski definition) is 1. The molecule has 0 spiro atoms. The first-order valence-corrected chi connectivity index (χ1v) is 9.77. The largest absolute Gasteiger partial charge is 0.383 e. The summed E-state index contributed by atoms with van der Waals surface area (Å²) in [5.74, 6) is 0. The van der Waals surface area contributed by atoms with Gasteiger partial charge in [-0.1, -0.05) is 72.3 Å². The van der Waals surface area contributed by atoms with E-state index in [1.54, 1.807) is 11.3 Å². The quantitative estimate of drug-likeness (QED) is 0.602. The summed E-state index contributed by atoms with van der Waals surface area (Å²) < 4.78 is 0. The first-order valence-electron chi connectivity index (χ1n) is 8.89. The van der Waals surface area contributed by atoms with E-state index in [1.165, 1.54) is 27.8 Å². The van der Waals surface area contributed by atoms with Crippen molar-refractivity contribution < 1.29 is 5.11 Å². The van der Waals surface area contributed by atoms with E-state index in [-0.39, 0.29) is 5.41 Å². The van der Waals surface area contributed by atoms with Crippen LogP contribution in [0.15, 0.2) is 101 Å². The van der Waals surface area contributed by atoms with Gasteiger partial charge in [0.05, 0.1) is 5.41 Å². The average molecular weight is 359 g/mol. The van der Waals surface area contributed by atoms with Gasteiger partial charge in [0, 0.05) is 4.88 Å². The molecule has 1 aliphatic rings. The summed E-state index contributed by atoms with van der Waals surface area (Å²) in [6, 6.07) is 25.2. The first kappa shape index (κ1) is 17.0. The molecule has 2 heteroatoms. The van der Waals surface area contributed by atoms with Gasteiger partial charge < -0.3 is 5.11 Å². The van der Waals surface area contributed by atoms with Crippen LogP contribution in [0.4, 0.5) is 0 Å². The Morgan fingerprint density at radius 1 is 0.885 bits per heavy atom. The maximum Gasteiger partial charge on any atom is 0.107 e. The van der Waals surface area contributed by atoms with Gasteiger partial charge in [-0.3, -0.25) is 0 Å². The third kappa shape index (κ3) is 2.66. The molecule has 1 N–H and O–H groups in total. The second-order valence-corrected chi connectivity index (χ2v) is 7.88. The van der Waals surface area contributed by atoms with Crippen LogP contribution >= 0.6 is 11.3 Å². The second kappa shape index (κ2) is 6.71. The van der Waals surface area contributed by atoms with E-state index in [0.717, 1.165) is 4.88 Å². The number of aliphatic hydroxyl groups excluding tert-OH is 1. The fraction of sp³-hybridized carbons (Fsp3) is 0.167. The van der Waals surface area contributed by atoms with E-state index in [9.17, 15) is 5.11 Å². The molecular weight excluding hydrogens is 336 g/mol. The Hall–Kier alpha value is -2.42. The minimum absolute atomic E-state index is 0.250. The Morgan fingerprint density at radius 2 is 1.46 bits per heavy atom. The lowest BCUT2D eigenvalue weighted by molar-refractivity contribution is 0.232. The summed E-state index contributed by atoms with van der Waals surface area (Å²) in [6.07, 6.45) is 1.46. The summed E-state index contributed by atoms with van der Waals surface area (Å²) in [5, 5.41) is 12.8. The van der Waals surface area contributed by atoms with Crippen molar-refractivity contribution in [3.05, 3.63) is 117 Å². The van der Waals surface area contributed by atoms with Gasteiger partial charge in [-0.05, 0) is 53.6 Å². The molecule has 1 saturated carbocycles. The highest BCUT2D eigenvalue weighted by Crippen LogP contribution is 2.65. The second-order valence-electron chi connectivity index (χ2n) is 6.90. The van der Waals surface area contributed by atoms with Crippen molar-refractivity contribution in [2.75, 3.05) is 0 Å². The molecule has 2 aromatic carbocycles. The zero-order valence-corrected chi connectivity index (χ0v) is 15.8. The van der Waals surface area contributed by atoms with E-state index < -0.39 is 6.10 Å². The molecule has 0 amide bonds. The number of allylic oxidation sites excluding steroid dienone is 3. The van der Waals surface area contributed by atoms with E-state index in [4.69, 9.17) is 0 Å². The number of thiophene rings is 1. The Bertz CT molecular complexity index is 906. The summed E-state index contributed by atoms with van der Waals surface area (Å²) in [4.78, 5) is 0.979. The highest BCUT2D eigenvalue weighted by atomic mass is 32.1. The van der Waals surface area contributed by atoms with Crippen LogP contribution in [-0.4, -0.2) is 5.11 Å². The SMILES string of the molecule is CC(C)=C1/C(=C/C(O)c2cccs2)C1(c1ccccc1)c1ccccc1. The Kier molecular flexibility index (Phi) is 4.39. The monoisotopic (exact) mass is 358 g/mol. The zero-order chi connectivity index (χ0) is 18.1. The van der Waals surface area contributed by atoms with Crippen LogP contribution < -0.4 is 0 Å². The molecule has 1 nitrogen and oxygen atoms in total. The topological polar surface area (TPSA) is 20.2 Å². The van der Waals surface area contributed by atoms with Crippen molar-refractivity contribution >= 4 is 11.3 Å². The molecule has 4 rings (SSSR count). The van der Waals surface area contributed by atoms with Crippen molar-refractivity contribution in [3.63, 3.8) is 0 Å². The van der Waals surface area contributed by atoms with Gasteiger partial charge in [-0.25, -0.2) is 0 Å². The lowest BCUT2D eigenvalue weighted by Gasteiger charge is -2.17. The summed E-state index contributed by atoms with van der Waals surface area (Å²) in [6.45, 7) is 4.32. The van der Waals surface area contributed by atoms with Crippen LogP contribution in [0.2, 0.25) is 0 Å². The lowest BCUT2D eigenvalue weighted by atomic mass is 9.85. The van der Waals surface area contributed by atoms with Crippen molar-refractivity contribution in [1.82, 2.24) is 0 Å². The van der Waals surface area contributed by atoms with Crippen LogP contribution in [0.3, 0.4) is 0 Å². The molecule has 1 fully saturated rings. The van der Waals surface area contributed by atoms with Gasteiger partial charge >= 0.3 is 0 Å². The van der Waals surface area contributed by atoms with Crippen molar-refractivity contribution in [2.45, 2.75) is 25.4 Å². The third-order valence-electron chi connectivity index (χ3n) is 5.06. The number of hydrogen-bond acceptors (Lipinski definition) is 2. The molecule has 130 valence electrons. The summed E-state index contributed by atoms with van der Waals surface area (Å²) in [7, 11) is 0. The van der Waals surface area contributed by atoms with Gasteiger partial charge in [0.2, 0.25) is 0 Å². The zero-order valence-electron chi connectivity index (χ0n) is 15.0. The molecule has 0 aliphatic heterocycles. The fourth-order valence-electron chi connectivity index (χ4n) is 4.00. The number of aliphatic hydroxyl groups is 1. The predicted octanol–water partition coefficient (Wildman–Crippen LogP) is 6.04. The molecule has 0 saturated heterocycles. The van der Waals surface area contributed by atoms with Crippen LogP contribution in [0.25, 0.3) is 0 Å². The van der Waals surface area contributed by atoms with Crippen molar-refractivity contribution in [2.24, 2.45) is 0 Å². The van der Waals surface area contributed by atoms with E-state index in [0.29, 0.717) is 0 Å². The molecular formula is C24H22OS. The fourth-order valence-corrected chi connectivity index (χ4v) is 4.67. The van der Waals surface area contributed by atoms with Gasteiger partial charge in [0.1, 0.15) is 6.10 Å². The number of rotatable bonds is 4. The minimum Gasteiger partial charge on any atom is -0.383 e. The highest BCUT2D eigenvalue weighted by molar-refractivity contribution is 7.10. The van der Waals surface area contributed by atoms with Gasteiger partial charge in [-0.2, -0.15) is 0 Å². The maximum atomic E-state index is 10.8. The summed E-state index contributed by atoms with van der Waals surface area (Å²) in [5.41, 5.74) is 6.10. The third-order valence-corrected chi connectivity index (χ3v) is 6.00. The first-order chi connectivity index (χ1) is 12.7. The number of benzene rings is 2. The molecule has 26 heavy (non-hydrogen) atoms. The van der Waals surface area contributed by atoms with Crippen LogP contribution in [0, 0.1) is 0 Å². The van der Waals surface area contributed by atoms with E-state index >= 15 is 0 Å². The van der Waals surface area contributed by atoms with Crippen molar-refractivity contribution in [1.29, 1.82) is 0 Å². The molecule has 3 aromatic rings. The predicted molar refractivity (Wildman–Crippen MR) is 109 cm³/mol. The van der Waals surface area contributed by atoms with Gasteiger partial charge in [0.25, 0.3) is 0 Å². The standard InChI is InChI=1S/C24H22OS/c1-17(2)23-20(16-21(25)22-14-9-15-26-22)24(23,18-10-5-3-6-11-18)19-12-7-4-8-13-19/h3-16,21,25H,1-2H3/b20-16-. The summed E-state index contributed by atoms with van der Waals surface area (Å²) >= 11 is 1.59. The Morgan fingerprint density at radius 3 is 1.92 bits per heavy atom. The normalized spacial score (nSPS) is 18.0. The van der Waals surface area contributed by atoms with Crippen LogP contribution in [-0.2, 0) is 5.41 Å². The maximum absolute atomic E-state index is 10.8. The lowest BCUT2D eigenvalue weighted by Crippen LogP contribution is -2.10. The molecule has 1 unspecified atom stereocenters. The Labute approximate surface area is 159 Å². The molecule has 1 heterocycles. The van der Waals surface area contributed by atoms with E-state index in [1.807, 2.05) is 23.6 Å². The van der Waals surface area contributed by atoms with Gasteiger partial charge in [-0.15, -0.1) is 11.3 Å². The minimum atomic E-state index is -0.575. The smallest absolute Gasteiger partial charge is 0.107 e. The average Bonchev–Trinajstić information content (AvgIpc) is 3.03. The highest BCUT2D eigenvalue weighted by Gasteiger charge is 2.57. The molecule has 1 atom stereocenters. The van der Waals surface area contributed by atoms with Crippen LogP contribution in [0.1, 0.15) is 36.0 Å².